The molecule has 0 unspecified atom stereocenters. The van der Waals surface area contributed by atoms with Gasteiger partial charge in [0.2, 0.25) is 0 Å². The van der Waals surface area contributed by atoms with Crippen LogP contribution in [-0.2, 0) is 13.1 Å². The Morgan fingerprint density at radius 2 is 2.36 bits per heavy atom. The highest BCUT2D eigenvalue weighted by Gasteiger charge is 2.09. The van der Waals surface area contributed by atoms with Gasteiger partial charge in [-0.2, -0.15) is 0 Å². The van der Waals surface area contributed by atoms with Crippen molar-refractivity contribution in [2.24, 2.45) is 0 Å². The van der Waals surface area contributed by atoms with Gasteiger partial charge in [0.25, 0.3) is 5.82 Å². The molecule has 2 nitrogen and oxygen atoms in total. The normalized spacial score (nSPS) is 10.0. The maximum atomic E-state index is 3.78. The number of nitrogens with zero attached hydrogens (tertiary/aromatic N) is 2. The zero-order valence-electron chi connectivity index (χ0n) is 7.25. The van der Waals surface area contributed by atoms with Crippen molar-refractivity contribution in [1.29, 1.82) is 0 Å². The van der Waals surface area contributed by atoms with Crippen LogP contribution in [0.4, 0.5) is 0 Å². The topological polar surface area (TPSA) is 8.81 Å². The zero-order valence-corrected chi connectivity index (χ0v) is 7.25. The number of rotatable bonds is 3. The summed E-state index contributed by atoms with van der Waals surface area (Å²) in [4.78, 5) is 0. The first-order valence-electron chi connectivity index (χ1n) is 4.04. The van der Waals surface area contributed by atoms with Crippen LogP contribution in [0.2, 0.25) is 0 Å². The molecule has 0 spiro atoms. The van der Waals surface area contributed by atoms with Gasteiger partial charge in [0.05, 0.1) is 13.1 Å². The molecule has 0 fully saturated rings. The summed E-state index contributed by atoms with van der Waals surface area (Å²) in [5.41, 5.74) is 0. The first-order valence-corrected chi connectivity index (χ1v) is 4.04. The molecule has 0 bridgehead atoms. The summed E-state index contributed by atoms with van der Waals surface area (Å²) in [5.74, 6) is 1.19. The van der Waals surface area contributed by atoms with Crippen LogP contribution in [0.3, 0.4) is 0 Å². The summed E-state index contributed by atoms with van der Waals surface area (Å²) in [6, 6.07) is 0. The fraction of sp³-hybridized carbons (Fsp3) is 0.444. The largest absolute Gasteiger partial charge is 0.280 e. The molecule has 11 heavy (non-hydrogen) atoms. The molecule has 1 aromatic rings. The molecule has 1 heterocycles. The zero-order chi connectivity index (χ0) is 8.27. The van der Waals surface area contributed by atoms with Crippen LogP contribution in [0, 0.1) is 0 Å². The van der Waals surface area contributed by atoms with Crippen molar-refractivity contribution in [2.45, 2.75) is 26.9 Å². The molecule has 0 N–H and O–H groups in total. The lowest BCUT2D eigenvalue weighted by Gasteiger charge is -1.94. The lowest BCUT2D eigenvalue weighted by molar-refractivity contribution is -0.694. The summed E-state index contributed by atoms with van der Waals surface area (Å²) in [7, 11) is 0. The third kappa shape index (κ3) is 1.34. The maximum absolute atomic E-state index is 3.78. The Labute approximate surface area is 67.8 Å². The molecule has 0 saturated heterocycles. The van der Waals surface area contributed by atoms with E-state index < -0.39 is 0 Å². The predicted molar refractivity (Wildman–Crippen MR) is 46.1 cm³/mol. The van der Waals surface area contributed by atoms with E-state index in [9.17, 15) is 0 Å². The van der Waals surface area contributed by atoms with E-state index in [1.54, 1.807) is 0 Å². The minimum absolute atomic E-state index is 1.01. The van der Waals surface area contributed by atoms with Crippen LogP contribution < -0.4 is 4.57 Å². The lowest BCUT2D eigenvalue weighted by Crippen LogP contribution is -2.33. The molecule has 0 atom stereocenters. The third-order valence-electron chi connectivity index (χ3n) is 1.88. The van der Waals surface area contributed by atoms with Crippen molar-refractivity contribution in [3.05, 3.63) is 24.8 Å². The van der Waals surface area contributed by atoms with Crippen LogP contribution in [0.5, 0.6) is 0 Å². The second kappa shape index (κ2) is 3.37. The number of imidazole rings is 1. The summed E-state index contributed by atoms with van der Waals surface area (Å²) in [6.07, 6.45) is 6.06. The number of hydrogen-bond acceptors (Lipinski definition) is 0. The molecule has 60 valence electrons. The average molecular weight is 151 g/mol. The van der Waals surface area contributed by atoms with E-state index in [0.29, 0.717) is 0 Å². The Kier molecular flexibility index (Phi) is 2.47. The molecular weight excluding hydrogens is 136 g/mol. The molecule has 0 amide bonds. The highest BCUT2D eigenvalue weighted by Crippen LogP contribution is 1.96. The summed E-state index contributed by atoms with van der Waals surface area (Å²) < 4.78 is 4.35. The van der Waals surface area contributed by atoms with Gasteiger partial charge >= 0.3 is 0 Å². The van der Waals surface area contributed by atoms with Gasteiger partial charge in [-0.3, -0.25) is 0 Å². The SMILES string of the molecule is C=Cc1n(CC)cc[n+]1CC. The molecule has 2 heteroatoms. The van der Waals surface area contributed by atoms with Gasteiger partial charge < -0.3 is 0 Å². The molecule has 1 aromatic heterocycles. The van der Waals surface area contributed by atoms with Crippen molar-refractivity contribution >= 4 is 6.08 Å². The van der Waals surface area contributed by atoms with Gasteiger partial charge in [-0.25, -0.2) is 9.13 Å². The van der Waals surface area contributed by atoms with E-state index in [1.165, 1.54) is 5.82 Å². The van der Waals surface area contributed by atoms with Gasteiger partial charge in [-0.1, -0.05) is 6.58 Å². The monoisotopic (exact) mass is 151 g/mol. The molecule has 0 aliphatic heterocycles. The number of hydrogen-bond donors (Lipinski definition) is 0. The van der Waals surface area contributed by atoms with E-state index in [2.05, 4.69) is 42.0 Å². The van der Waals surface area contributed by atoms with Crippen molar-refractivity contribution in [1.82, 2.24) is 4.57 Å². The van der Waals surface area contributed by atoms with Crippen LogP contribution in [0.15, 0.2) is 19.0 Å². The molecule has 0 aromatic carbocycles. The van der Waals surface area contributed by atoms with Crippen LogP contribution >= 0.6 is 0 Å². The fourth-order valence-corrected chi connectivity index (χ4v) is 1.25. The highest BCUT2D eigenvalue weighted by molar-refractivity contribution is 5.32. The smallest absolute Gasteiger partial charge is 0.231 e. The standard InChI is InChI=1S/C9H15N2/c1-4-9-10(5-2)7-8-11(9)6-3/h4,7-8H,1,5-6H2,2-3H3/q+1. The first kappa shape index (κ1) is 8.05. The quantitative estimate of drug-likeness (QED) is 0.578. The molecular formula is C9H15N2+. The maximum Gasteiger partial charge on any atom is 0.280 e. The fourth-order valence-electron chi connectivity index (χ4n) is 1.25. The second-order valence-corrected chi connectivity index (χ2v) is 2.43. The Morgan fingerprint density at radius 1 is 1.64 bits per heavy atom. The number of aromatic nitrogens is 2. The van der Waals surface area contributed by atoms with Gasteiger partial charge in [-0.15, -0.1) is 0 Å². The van der Waals surface area contributed by atoms with E-state index in [4.69, 9.17) is 0 Å². The Balaban J connectivity index is 3.08. The first-order chi connectivity index (χ1) is 5.33. The summed E-state index contributed by atoms with van der Waals surface area (Å²) >= 11 is 0. The van der Waals surface area contributed by atoms with Gasteiger partial charge in [0.1, 0.15) is 12.4 Å². The molecule has 1 rings (SSSR count). The second-order valence-electron chi connectivity index (χ2n) is 2.43. The third-order valence-corrected chi connectivity index (χ3v) is 1.88. The molecule has 0 radical (unpaired) electrons. The van der Waals surface area contributed by atoms with Gasteiger partial charge in [-0.05, 0) is 13.8 Å². The molecule has 0 aliphatic carbocycles. The highest BCUT2D eigenvalue weighted by atomic mass is 15.1. The predicted octanol–water partition coefficient (Wildman–Crippen LogP) is 1.46. The van der Waals surface area contributed by atoms with E-state index >= 15 is 0 Å². The molecule has 0 aliphatic rings. The summed E-state index contributed by atoms with van der Waals surface area (Å²) in [5, 5.41) is 0. The van der Waals surface area contributed by atoms with Crippen molar-refractivity contribution < 1.29 is 4.57 Å². The summed E-state index contributed by atoms with van der Waals surface area (Å²) in [6.45, 7) is 10.1. The number of aryl methyl sites for hydroxylation is 2. The Morgan fingerprint density at radius 3 is 2.82 bits per heavy atom. The van der Waals surface area contributed by atoms with Crippen LogP contribution in [-0.4, -0.2) is 4.57 Å². The minimum atomic E-state index is 1.01. The average Bonchev–Trinajstić information content (AvgIpc) is 2.45. The van der Waals surface area contributed by atoms with E-state index in [1.807, 2.05) is 6.08 Å². The van der Waals surface area contributed by atoms with Crippen molar-refractivity contribution in [2.75, 3.05) is 0 Å². The van der Waals surface area contributed by atoms with E-state index in [-0.39, 0.29) is 0 Å². The van der Waals surface area contributed by atoms with Gasteiger partial charge in [0, 0.05) is 6.08 Å². The van der Waals surface area contributed by atoms with Crippen molar-refractivity contribution in [3.63, 3.8) is 0 Å². The van der Waals surface area contributed by atoms with E-state index in [0.717, 1.165) is 13.1 Å². The lowest BCUT2D eigenvalue weighted by atomic mass is 10.5. The Bertz CT molecular complexity index is 227. The van der Waals surface area contributed by atoms with Crippen molar-refractivity contribution in [3.8, 4) is 0 Å². The van der Waals surface area contributed by atoms with Crippen LogP contribution in [0.25, 0.3) is 6.08 Å². The van der Waals surface area contributed by atoms with Crippen LogP contribution in [0.1, 0.15) is 19.7 Å². The molecule has 0 saturated carbocycles. The Hall–Kier alpha value is -1.05. The minimum Gasteiger partial charge on any atom is -0.231 e. The van der Waals surface area contributed by atoms with Gasteiger partial charge in [0.15, 0.2) is 0 Å².